The van der Waals surface area contributed by atoms with Crippen LogP contribution in [-0.2, 0) is 8.85 Å². The molecule has 1 rings (SSSR count). The minimum Gasteiger partial charge on any atom is -0.398 e. The summed E-state index contributed by atoms with van der Waals surface area (Å²) in [7, 11) is 1.82. The van der Waals surface area contributed by atoms with Crippen LogP contribution >= 0.6 is 0 Å². The lowest BCUT2D eigenvalue weighted by molar-refractivity contribution is 0.197. The number of hydrogen-bond acceptors (Lipinski definition) is 2. The van der Waals surface area contributed by atoms with E-state index in [1.807, 2.05) is 14.2 Å². The molecule has 0 spiro atoms. The molecule has 0 aliphatic heterocycles. The summed E-state index contributed by atoms with van der Waals surface area (Å²) in [6.07, 6.45) is 13.9. The Bertz CT molecular complexity index is 248. The molecule has 0 aromatic rings. The summed E-state index contributed by atoms with van der Waals surface area (Å²) in [5, 5.41) is 0. The van der Waals surface area contributed by atoms with Crippen molar-refractivity contribution in [1.82, 2.24) is 0 Å². The third-order valence-electron chi connectivity index (χ3n) is 5.44. The van der Waals surface area contributed by atoms with Crippen molar-refractivity contribution in [3.05, 3.63) is 0 Å². The average molecular weight is 315 g/mol. The quantitative estimate of drug-likeness (QED) is 0.349. The van der Waals surface area contributed by atoms with Gasteiger partial charge in [-0.3, -0.25) is 0 Å². The monoisotopic (exact) mass is 314 g/mol. The van der Waals surface area contributed by atoms with Gasteiger partial charge in [0.1, 0.15) is 0 Å². The molecular weight excluding hydrogens is 276 g/mol. The summed E-state index contributed by atoms with van der Waals surface area (Å²) in [5.41, 5.74) is 0. The molecule has 126 valence electrons. The predicted molar refractivity (Wildman–Crippen MR) is 93.9 cm³/mol. The van der Waals surface area contributed by atoms with Gasteiger partial charge in [-0.2, -0.15) is 0 Å². The van der Waals surface area contributed by atoms with E-state index in [1.54, 1.807) is 0 Å². The summed E-state index contributed by atoms with van der Waals surface area (Å²) in [6.45, 7) is 4.56. The maximum absolute atomic E-state index is 5.97. The predicted octanol–water partition coefficient (Wildman–Crippen LogP) is 5.91. The van der Waals surface area contributed by atoms with Crippen molar-refractivity contribution in [3.63, 3.8) is 0 Å². The Hall–Kier alpha value is 0.137. The van der Waals surface area contributed by atoms with Gasteiger partial charge in [0.25, 0.3) is 0 Å². The fraction of sp³-hybridized carbons (Fsp3) is 1.00. The minimum absolute atomic E-state index is 0.843. The molecule has 0 heterocycles. The van der Waals surface area contributed by atoms with Crippen molar-refractivity contribution in [1.29, 1.82) is 0 Å². The number of hydrogen-bond donors (Lipinski definition) is 0. The third kappa shape index (κ3) is 6.41. The van der Waals surface area contributed by atoms with E-state index in [1.165, 1.54) is 70.3 Å². The van der Waals surface area contributed by atoms with Crippen LogP contribution in [-0.4, -0.2) is 22.8 Å². The van der Waals surface area contributed by atoms with Crippen LogP contribution in [0.3, 0.4) is 0 Å². The van der Waals surface area contributed by atoms with E-state index in [-0.39, 0.29) is 0 Å². The zero-order chi connectivity index (χ0) is 15.6. The largest absolute Gasteiger partial charge is 0.398 e. The van der Waals surface area contributed by atoms with Gasteiger partial charge in [-0.1, -0.05) is 78.1 Å². The van der Waals surface area contributed by atoms with Crippen LogP contribution in [0.1, 0.15) is 78.1 Å². The molecule has 21 heavy (non-hydrogen) atoms. The van der Waals surface area contributed by atoms with E-state index < -0.39 is 8.56 Å². The molecule has 0 saturated heterocycles. The van der Waals surface area contributed by atoms with Crippen molar-refractivity contribution >= 4 is 8.56 Å². The molecule has 0 aromatic carbocycles. The molecule has 0 amide bonds. The van der Waals surface area contributed by atoms with Crippen LogP contribution in [0.15, 0.2) is 0 Å². The van der Waals surface area contributed by atoms with Gasteiger partial charge >= 0.3 is 8.56 Å². The standard InChI is InChI=1S/C18H38O2Si/c1-5-7-9-14-18(17-12-10-8-11-13-17)16-21(19-3,20-4)15-6-2/h17-18H,5-16H2,1-4H3. The van der Waals surface area contributed by atoms with E-state index in [0.717, 1.165) is 17.9 Å². The van der Waals surface area contributed by atoms with Crippen molar-refractivity contribution in [3.8, 4) is 0 Å². The van der Waals surface area contributed by atoms with Crippen LogP contribution in [0.4, 0.5) is 0 Å². The Morgan fingerprint density at radius 3 is 2.14 bits per heavy atom. The van der Waals surface area contributed by atoms with E-state index >= 15 is 0 Å². The Morgan fingerprint density at radius 1 is 0.952 bits per heavy atom. The van der Waals surface area contributed by atoms with E-state index in [4.69, 9.17) is 8.85 Å². The van der Waals surface area contributed by atoms with Crippen molar-refractivity contribution < 1.29 is 8.85 Å². The third-order valence-corrected chi connectivity index (χ3v) is 9.34. The molecule has 1 fully saturated rings. The molecule has 0 aromatic heterocycles. The lowest BCUT2D eigenvalue weighted by Crippen LogP contribution is -2.43. The maximum Gasteiger partial charge on any atom is 0.337 e. The molecule has 0 bridgehead atoms. The van der Waals surface area contributed by atoms with E-state index in [2.05, 4.69) is 13.8 Å². The van der Waals surface area contributed by atoms with Crippen LogP contribution < -0.4 is 0 Å². The fourth-order valence-corrected chi connectivity index (χ4v) is 7.31. The van der Waals surface area contributed by atoms with Gasteiger partial charge in [-0.05, 0) is 23.9 Å². The summed E-state index contributed by atoms with van der Waals surface area (Å²) < 4.78 is 11.9. The molecule has 1 aliphatic rings. The zero-order valence-electron chi connectivity index (χ0n) is 15.0. The second-order valence-electron chi connectivity index (χ2n) is 6.93. The normalized spacial score (nSPS) is 18.9. The molecule has 0 radical (unpaired) electrons. The summed E-state index contributed by atoms with van der Waals surface area (Å²) >= 11 is 0. The van der Waals surface area contributed by atoms with Crippen LogP contribution in [0, 0.1) is 11.8 Å². The van der Waals surface area contributed by atoms with Gasteiger partial charge in [0, 0.05) is 14.2 Å². The highest BCUT2D eigenvalue weighted by Gasteiger charge is 2.39. The highest BCUT2D eigenvalue weighted by atomic mass is 28.4. The van der Waals surface area contributed by atoms with Crippen LogP contribution in [0.25, 0.3) is 0 Å². The van der Waals surface area contributed by atoms with Crippen LogP contribution in [0.2, 0.25) is 12.1 Å². The summed E-state index contributed by atoms with van der Waals surface area (Å²) in [4.78, 5) is 0. The van der Waals surface area contributed by atoms with Crippen LogP contribution in [0.5, 0.6) is 0 Å². The second kappa shape index (κ2) is 10.8. The highest BCUT2D eigenvalue weighted by molar-refractivity contribution is 6.67. The zero-order valence-corrected chi connectivity index (χ0v) is 16.0. The lowest BCUT2D eigenvalue weighted by atomic mass is 9.78. The van der Waals surface area contributed by atoms with Gasteiger partial charge in [0.2, 0.25) is 0 Å². The Labute approximate surface area is 134 Å². The number of rotatable bonds is 11. The average Bonchev–Trinajstić information content (AvgIpc) is 2.54. The first-order valence-electron chi connectivity index (χ1n) is 9.31. The second-order valence-corrected chi connectivity index (χ2v) is 10.5. The van der Waals surface area contributed by atoms with Gasteiger partial charge < -0.3 is 8.85 Å². The molecule has 1 atom stereocenters. The Morgan fingerprint density at radius 2 is 1.62 bits per heavy atom. The molecule has 0 N–H and O–H groups in total. The SMILES string of the molecule is CCCCCC(C[Si](CCC)(OC)OC)C1CCCCC1. The van der Waals surface area contributed by atoms with E-state index in [9.17, 15) is 0 Å². The van der Waals surface area contributed by atoms with Gasteiger partial charge in [-0.15, -0.1) is 0 Å². The molecule has 2 nitrogen and oxygen atoms in total. The maximum atomic E-state index is 5.97. The minimum atomic E-state index is -1.95. The fourth-order valence-electron chi connectivity index (χ4n) is 4.10. The number of unbranched alkanes of at least 4 members (excludes halogenated alkanes) is 2. The molecule has 1 aliphatic carbocycles. The molecular formula is C18H38O2Si. The van der Waals surface area contributed by atoms with Crippen molar-refractivity contribution in [2.24, 2.45) is 11.8 Å². The highest BCUT2D eigenvalue weighted by Crippen LogP contribution is 2.39. The molecule has 1 saturated carbocycles. The Balaban J connectivity index is 2.68. The first kappa shape index (κ1) is 19.2. The molecule has 3 heteroatoms. The lowest BCUT2D eigenvalue weighted by Gasteiger charge is -2.36. The van der Waals surface area contributed by atoms with Crippen molar-refractivity contribution in [2.45, 2.75) is 90.1 Å². The van der Waals surface area contributed by atoms with E-state index in [0.29, 0.717) is 0 Å². The first-order chi connectivity index (χ1) is 10.2. The van der Waals surface area contributed by atoms with Crippen molar-refractivity contribution in [2.75, 3.05) is 14.2 Å². The smallest absolute Gasteiger partial charge is 0.337 e. The first-order valence-corrected chi connectivity index (χ1v) is 11.5. The summed E-state index contributed by atoms with van der Waals surface area (Å²) in [6, 6.07) is 2.37. The summed E-state index contributed by atoms with van der Waals surface area (Å²) in [5.74, 6) is 1.78. The Kier molecular flexibility index (Phi) is 9.86. The van der Waals surface area contributed by atoms with Gasteiger partial charge in [0.15, 0.2) is 0 Å². The van der Waals surface area contributed by atoms with Gasteiger partial charge in [-0.25, -0.2) is 0 Å². The van der Waals surface area contributed by atoms with Gasteiger partial charge in [0.05, 0.1) is 0 Å². The topological polar surface area (TPSA) is 18.5 Å². The molecule has 1 unspecified atom stereocenters.